The molecular formula is C13H15BrN2S. The van der Waals surface area contributed by atoms with Crippen molar-refractivity contribution in [1.29, 1.82) is 0 Å². The molecule has 2 nitrogen and oxygen atoms in total. The maximum absolute atomic E-state index is 4.78. The van der Waals surface area contributed by atoms with Gasteiger partial charge in [-0.05, 0) is 44.5 Å². The van der Waals surface area contributed by atoms with Crippen molar-refractivity contribution in [3.63, 3.8) is 0 Å². The monoisotopic (exact) mass is 310 g/mol. The predicted octanol–water partition coefficient (Wildman–Crippen LogP) is 3.91. The van der Waals surface area contributed by atoms with Crippen LogP contribution in [0.1, 0.15) is 30.7 Å². The van der Waals surface area contributed by atoms with Gasteiger partial charge in [0.2, 0.25) is 0 Å². The Balaban J connectivity index is 1.94. The fourth-order valence-electron chi connectivity index (χ4n) is 2.45. The highest BCUT2D eigenvalue weighted by molar-refractivity contribution is 9.10. The Hall–Kier alpha value is -0.450. The molecule has 1 aliphatic rings. The lowest BCUT2D eigenvalue weighted by molar-refractivity contribution is 0.381. The highest BCUT2D eigenvalue weighted by Gasteiger charge is 2.22. The lowest BCUT2D eigenvalue weighted by Crippen LogP contribution is -2.34. The van der Waals surface area contributed by atoms with Crippen molar-refractivity contribution in [2.75, 3.05) is 6.54 Å². The summed E-state index contributed by atoms with van der Waals surface area (Å²) in [4.78, 5) is 4.78. The molecule has 0 radical (unpaired) electrons. The molecular weight excluding hydrogens is 296 g/mol. The number of aromatic nitrogens is 1. The number of thiazole rings is 1. The maximum atomic E-state index is 4.78. The van der Waals surface area contributed by atoms with Crippen molar-refractivity contribution in [2.45, 2.75) is 31.7 Å². The second kappa shape index (κ2) is 4.67. The van der Waals surface area contributed by atoms with Gasteiger partial charge >= 0.3 is 0 Å². The Morgan fingerprint density at radius 1 is 1.47 bits per heavy atom. The van der Waals surface area contributed by atoms with E-state index >= 15 is 0 Å². The summed E-state index contributed by atoms with van der Waals surface area (Å²) in [5, 5.41) is 4.81. The van der Waals surface area contributed by atoms with E-state index in [1.807, 2.05) is 11.3 Å². The molecule has 0 saturated carbocycles. The molecule has 90 valence electrons. The lowest BCUT2D eigenvalue weighted by atomic mass is 9.94. The molecule has 1 fully saturated rings. The average Bonchev–Trinajstić information content (AvgIpc) is 2.72. The number of piperidine rings is 1. The topological polar surface area (TPSA) is 24.9 Å². The normalized spacial score (nSPS) is 25.3. The van der Waals surface area contributed by atoms with E-state index in [2.05, 4.69) is 46.4 Å². The second-order valence-electron chi connectivity index (χ2n) is 4.74. The van der Waals surface area contributed by atoms with E-state index in [9.17, 15) is 0 Å². The van der Waals surface area contributed by atoms with Crippen LogP contribution in [0.2, 0.25) is 0 Å². The molecule has 1 aromatic carbocycles. The average molecular weight is 311 g/mol. The molecule has 2 atom stereocenters. The fraction of sp³-hybridized carbons (Fsp3) is 0.462. The van der Waals surface area contributed by atoms with E-state index in [4.69, 9.17) is 4.98 Å². The summed E-state index contributed by atoms with van der Waals surface area (Å²) in [6.45, 7) is 3.38. The molecule has 1 aromatic heterocycles. The van der Waals surface area contributed by atoms with Crippen LogP contribution in [0.15, 0.2) is 22.7 Å². The summed E-state index contributed by atoms with van der Waals surface area (Å²) in [6.07, 6.45) is 2.42. The quantitative estimate of drug-likeness (QED) is 0.863. The number of fused-ring (bicyclic) bond motifs is 1. The number of hydrogen-bond acceptors (Lipinski definition) is 3. The number of nitrogens with one attached hydrogen (secondary N) is 1. The van der Waals surface area contributed by atoms with Crippen LogP contribution in [0.5, 0.6) is 0 Å². The van der Waals surface area contributed by atoms with E-state index in [-0.39, 0.29) is 0 Å². The van der Waals surface area contributed by atoms with E-state index in [0.717, 1.165) is 16.5 Å². The first-order valence-electron chi connectivity index (χ1n) is 6.02. The van der Waals surface area contributed by atoms with Crippen molar-refractivity contribution < 1.29 is 0 Å². The van der Waals surface area contributed by atoms with Gasteiger partial charge in [0.05, 0.1) is 15.2 Å². The first-order chi connectivity index (χ1) is 8.22. The van der Waals surface area contributed by atoms with Crippen LogP contribution in [0.4, 0.5) is 0 Å². The highest BCUT2D eigenvalue weighted by Crippen LogP contribution is 2.34. The molecule has 4 heteroatoms. The van der Waals surface area contributed by atoms with Crippen LogP contribution in [0.3, 0.4) is 0 Å². The van der Waals surface area contributed by atoms with Crippen molar-refractivity contribution in [3.05, 3.63) is 27.7 Å². The Kier molecular flexibility index (Phi) is 3.19. The first-order valence-corrected chi connectivity index (χ1v) is 7.62. The van der Waals surface area contributed by atoms with Crippen molar-refractivity contribution >= 4 is 37.5 Å². The zero-order valence-electron chi connectivity index (χ0n) is 9.74. The summed E-state index contributed by atoms with van der Waals surface area (Å²) in [7, 11) is 0. The zero-order chi connectivity index (χ0) is 11.8. The molecule has 2 heterocycles. The van der Waals surface area contributed by atoms with Gasteiger partial charge in [-0.2, -0.15) is 0 Å². The number of hydrogen-bond donors (Lipinski definition) is 1. The van der Waals surface area contributed by atoms with Crippen molar-refractivity contribution in [2.24, 2.45) is 0 Å². The molecule has 0 spiro atoms. The summed E-state index contributed by atoms with van der Waals surface area (Å²) < 4.78 is 2.43. The minimum Gasteiger partial charge on any atom is -0.314 e. The third-order valence-corrected chi connectivity index (χ3v) is 5.01. The number of benzene rings is 1. The largest absolute Gasteiger partial charge is 0.314 e. The molecule has 1 N–H and O–H groups in total. The van der Waals surface area contributed by atoms with Gasteiger partial charge in [-0.15, -0.1) is 11.3 Å². The minimum atomic E-state index is 0.618. The molecule has 0 aliphatic carbocycles. The zero-order valence-corrected chi connectivity index (χ0v) is 12.1. The molecule has 0 amide bonds. The van der Waals surface area contributed by atoms with Gasteiger partial charge in [0.1, 0.15) is 0 Å². The number of nitrogens with zero attached hydrogens (tertiary/aromatic N) is 1. The molecule has 1 aliphatic heterocycles. The van der Waals surface area contributed by atoms with Crippen molar-refractivity contribution in [3.8, 4) is 0 Å². The number of rotatable bonds is 1. The van der Waals surface area contributed by atoms with Gasteiger partial charge in [0.15, 0.2) is 0 Å². The smallest absolute Gasteiger partial charge is 0.0970 e. The predicted molar refractivity (Wildman–Crippen MR) is 76.8 cm³/mol. The van der Waals surface area contributed by atoms with Gasteiger partial charge in [0, 0.05) is 16.4 Å². The van der Waals surface area contributed by atoms with Crippen molar-refractivity contribution in [1.82, 2.24) is 10.3 Å². The van der Waals surface area contributed by atoms with Crippen LogP contribution < -0.4 is 5.32 Å². The molecule has 0 bridgehead atoms. The molecule has 17 heavy (non-hydrogen) atoms. The van der Waals surface area contributed by atoms with Gasteiger partial charge in [-0.25, -0.2) is 4.98 Å². The third-order valence-electron chi connectivity index (χ3n) is 3.34. The summed E-state index contributed by atoms with van der Waals surface area (Å²) in [5.74, 6) is 0.641. The Morgan fingerprint density at radius 2 is 2.35 bits per heavy atom. The Morgan fingerprint density at radius 3 is 3.18 bits per heavy atom. The first kappa shape index (κ1) is 11.6. The second-order valence-corrected chi connectivity index (χ2v) is 6.72. The van der Waals surface area contributed by atoms with Crippen LogP contribution in [-0.2, 0) is 0 Å². The number of halogens is 1. The maximum Gasteiger partial charge on any atom is 0.0970 e. The van der Waals surface area contributed by atoms with E-state index in [1.165, 1.54) is 22.5 Å². The summed E-state index contributed by atoms with van der Waals surface area (Å²) in [6, 6.07) is 6.95. The van der Waals surface area contributed by atoms with Gasteiger partial charge in [-0.1, -0.05) is 15.9 Å². The minimum absolute atomic E-state index is 0.618. The van der Waals surface area contributed by atoms with E-state index in [0.29, 0.717) is 12.0 Å². The fourth-order valence-corrected chi connectivity index (χ4v) is 4.11. The van der Waals surface area contributed by atoms with Gasteiger partial charge in [-0.3, -0.25) is 0 Å². The molecule has 3 rings (SSSR count). The van der Waals surface area contributed by atoms with E-state index in [1.54, 1.807) is 0 Å². The van der Waals surface area contributed by atoms with Gasteiger partial charge in [0.25, 0.3) is 0 Å². The van der Waals surface area contributed by atoms with Crippen LogP contribution >= 0.6 is 27.3 Å². The Bertz CT molecular complexity index is 537. The Labute approximate surface area is 114 Å². The SMILES string of the molecule is CC1CC(c2nc3ccc(Br)cc3s2)CCN1. The molecule has 2 unspecified atom stereocenters. The van der Waals surface area contributed by atoms with E-state index < -0.39 is 0 Å². The standard InChI is InChI=1S/C13H15BrN2S/c1-8-6-9(4-5-15-8)13-16-11-3-2-10(14)7-12(11)17-13/h2-3,7-9,15H,4-6H2,1H3. The third kappa shape index (κ3) is 2.39. The summed E-state index contributed by atoms with van der Waals surface area (Å²) >= 11 is 5.37. The van der Waals surface area contributed by atoms with Crippen LogP contribution in [-0.4, -0.2) is 17.6 Å². The molecule has 1 saturated heterocycles. The van der Waals surface area contributed by atoms with Crippen LogP contribution in [0, 0.1) is 0 Å². The molecule has 2 aromatic rings. The van der Waals surface area contributed by atoms with Gasteiger partial charge < -0.3 is 5.32 Å². The summed E-state index contributed by atoms with van der Waals surface area (Å²) in [5.41, 5.74) is 1.14. The lowest BCUT2D eigenvalue weighted by Gasteiger charge is -2.26. The van der Waals surface area contributed by atoms with Crippen LogP contribution in [0.25, 0.3) is 10.2 Å². The highest BCUT2D eigenvalue weighted by atomic mass is 79.9.